The first-order chi connectivity index (χ1) is 8.99. The van der Waals surface area contributed by atoms with E-state index in [-0.39, 0.29) is 29.9 Å². The van der Waals surface area contributed by atoms with Crippen LogP contribution in [0.15, 0.2) is 0 Å². The lowest BCUT2D eigenvalue weighted by Gasteiger charge is -2.36. The van der Waals surface area contributed by atoms with Crippen LogP contribution in [0.2, 0.25) is 0 Å². The fourth-order valence-electron chi connectivity index (χ4n) is 2.52. The van der Waals surface area contributed by atoms with Crippen molar-refractivity contribution < 1.29 is 9.59 Å². The van der Waals surface area contributed by atoms with Gasteiger partial charge in [0.25, 0.3) is 0 Å². The summed E-state index contributed by atoms with van der Waals surface area (Å²) in [6, 6.07) is 0.165. The minimum Gasteiger partial charge on any atom is -0.352 e. The molecule has 2 rings (SSSR count). The zero-order valence-electron chi connectivity index (χ0n) is 12.1. The molecule has 2 aliphatic rings. The molecule has 1 saturated carbocycles. The van der Waals surface area contributed by atoms with Crippen LogP contribution in [-0.4, -0.2) is 47.4 Å². The number of nitrogens with zero attached hydrogens (tertiary/aromatic N) is 1. The first-order valence-corrected chi connectivity index (χ1v) is 7.36. The Morgan fingerprint density at radius 1 is 1.26 bits per heavy atom. The molecule has 1 heterocycles. The average Bonchev–Trinajstić information content (AvgIpc) is 3.14. The van der Waals surface area contributed by atoms with Gasteiger partial charge >= 0.3 is 0 Å². The number of piperidine rings is 1. The zero-order valence-corrected chi connectivity index (χ0v) is 12.1. The molecule has 0 bridgehead atoms. The van der Waals surface area contributed by atoms with Crippen molar-refractivity contribution in [3.05, 3.63) is 0 Å². The van der Waals surface area contributed by atoms with Gasteiger partial charge in [-0.3, -0.25) is 9.59 Å². The number of carbonyl (C=O) groups excluding carboxylic acids is 2. The smallest absolute Gasteiger partial charge is 0.242 e. The summed E-state index contributed by atoms with van der Waals surface area (Å²) in [5.41, 5.74) is 0. The highest BCUT2D eigenvalue weighted by Crippen LogP contribution is 2.23. The molecule has 108 valence electrons. The Morgan fingerprint density at radius 3 is 2.53 bits per heavy atom. The fraction of sp³-hybridized carbons (Fsp3) is 0.857. The molecule has 1 aliphatic carbocycles. The molecule has 2 fully saturated rings. The molecule has 19 heavy (non-hydrogen) atoms. The van der Waals surface area contributed by atoms with Crippen LogP contribution in [0.3, 0.4) is 0 Å². The van der Waals surface area contributed by atoms with Gasteiger partial charge in [-0.1, -0.05) is 0 Å². The molecular weight excluding hydrogens is 242 g/mol. The number of likely N-dealkylation sites (tertiary alicyclic amines) is 1. The third-order valence-corrected chi connectivity index (χ3v) is 3.77. The van der Waals surface area contributed by atoms with Crippen molar-refractivity contribution >= 4 is 11.8 Å². The lowest BCUT2D eigenvalue weighted by Crippen LogP contribution is -2.57. The lowest BCUT2D eigenvalue weighted by molar-refractivity contribution is -0.144. The summed E-state index contributed by atoms with van der Waals surface area (Å²) in [6.07, 6.45) is 4.21. The summed E-state index contributed by atoms with van der Waals surface area (Å²) in [6.45, 7) is 6.36. The molecule has 2 N–H and O–H groups in total. The maximum absolute atomic E-state index is 12.4. The van der Waals surface area contributed by atoms with Gasteiger partial charge in [-0.25, -0.2) is 0 Å². The molecule has 5 nitrogen and oxygen atoms in total. The monoisotopic (exact) mass is 267 g/mol. The molecule has 0 aromatic heterocycles. The van der Waals surface area contributed by atoms with Crippen molar-refractivity contribution in [2.45, 2.75) is 70.6 Å². The SMILES string of the molecule is CC(C)NC(=O)C(C)N1CCCC(NC2CC2)C1=O. The molecule has 0 aromatic carbocycles. The summed E-state index contributed by atoms with van der Waals surface area (Å²) in [5.74, 6) is 0.0278. The van der Waals surface area contributed by atoms with E-state index in [1.165, 1.54) is 12.8 Å². The fourth-order valence-corrected chi connectivity index (χ4v) is 2.52. The van der Waals surface area contributed by atoms with Gasteiger partial charge in [-0.2, -0.15) is 0 Å². The van der Waals surface area contributed by atoms with Crippen molar-refractivity contribution in [2.24, 2.45) is 0 Å². The maximum Gasteiger partial charge on any atom is 0.242 e. The molecule has 0 radical (unpaired) electrons. The van der Waals surface area contributed by atoms with Crippen molar-refractivity contribution in [2.75, 3.05) is 6.54 Å². The summed E-state index contributed by atoms with van der Waals surface area (Å²) in [4.78, 5) is 26.1. The Bertz CT molecular complexity index is 353. The van der Waals surface area contributed by atoms with Crippen LogP contribution in [0.25, 0.3) is 0 Å². The van der Waals surface area contributed by atoms with Crippen LogP contribution in [0, 0.1) is 0 Å². The van der Waals surface area contributed by atoms with Crippen LogP contribution < -0.4 is 10.6 Å². The summed E-state index contributed by atoms with van der Waals surface area (Å²) >= 11 is 0. The molecular formula is C14H25N3O2. The van der Waals surface area contributed by atoms with Gasteiger partial charge in [0.15, 0.2) is 0 Å². The Morgan fingerprint density at radius 2 is 1.95 bits per heavy atom. The second-order valence-corrected chi connectivity index (χ2v) is 6.01. The van der Waals surface area contributed by atoms with Crippen molar-refractivity contribution in [1.29, 1.82) is 0 Å². The minimum absolute atomic E-state index is 0.0598. The Hall–Kier alpha value is -1.10. The van der Waals surface area contributed by atoms with Crippen molar-refractivity contribution in [1.82, 2.24) is 15.5 Å². The van der Waals surface area contributed by atoms with Gasteiger partial charge in [0.2, 0.25) is 11.8 Å². The number of amides is 2. The quantitative estimate of drug-likeness (QED) is 0.768. The molecule has 2 atom stereocenters. The number of rotatable bonds is 5. The van der Waals surface area contributed by atoms with Gasteiger partial charge in [-0.05, 0) is 46.5 Å². The number of hydrogen-bond donors (Lipinski definition) is 2. The van der Waals surface area contributed by atoms with Crippen molar-refractivity contribution in [3.8, 4) is 0 Å². The molecule has 2 unspecified atom stereocenters. The third-order valence-electron chi connectivity index (χ3n) is 3.77. The predicted molar refractivity (Wildman–Crippen MR) is 73.6 cm³/mol. The zero-order chi connectivity index (χ0) is 14.0. The van der Waals surface area contributed by atoms with Crippen LogP contribution in [0.4, 0.5) is 0 Å². The van der Waals surface area contributed by atoms with Gasteiger partial charge in [0.05, 0.1) is 6.04 Å². The van der Waals surface area contributed by atoms with E-state index in [0.717, 1.165) is 12.8 Å². The summed E-state index contributed by atoms with van der Waals surface area (Å²) < 4.78 is 0. The summed E-state index contributed by atoms with van der Waals surface area (Å²) in [7, 11) is 0. The van der Waals surface area contributed by atoms with Crippen LogP contribution in [0.5, 0.6) is 0 Å². The predicted octanol–water partition coefficient (Wildman–Crippen LogP) is 0.643. The Balaban J connectivity index is 1.93. The second kappa shape index (κ2) is 5.90. The highest BCUT2D eigenvalue weighted by Gasteiger charge is 2.36. The normalized spacial score (nSPS) is 25.6. The van der Waals surface area contributed by atoms with Gasteiger partial charge in [0, 0.05) is 18.6 Å². The van der Waals surface area contributed by atoms with E-state index in [1.807, 2.05) is 20.8 Å². The largest absolute Gasteiger partial charge is 0.352 e. The third kappa shape index (κ3) is 3.69. The molecule has 0 spiro atoms. The van der Waals surface area contributed by atoms with E-state index < -0.39 is 0 Å². The number of hydrogen-bond acceptors (Lipinski definition) is 3. The lowest BCUT2D eigenvalue weighted by atomic mass is 10.0. The molecule has 5 heteroatoms. The highest BCUT2D eigenvalue weighted by molar-refractivity contribution is 5.90. The molecule has 0 aromatic rings. The van der Waals surface area contributed by atoms with E-state index in [4.69, 9.17) is 0 Å². The first kappa shape index (κ1) is 14.3. The van der Waals surface area contributed by atoms with Crippen molar-refractivity contribution in [3.63, 3.8) is 0 Å². The Kier molecular flexibility index (Phi) is 4.45. The van der Waals surface area contributed by atoms with Crippen LogP contribution >= 0.6 is 0 Å². The minimum atomic E-state index is -0.376. The van der Waals surface area contributed by atoms with Gasteiger partial charge in [-0.15, -0.1) is 0 Å². The molecule has 1 saturated heterocycles. The van der Waals surface area contributed by atoms with E-state index in [0.29, 0.717) is 12.6 Å². The van der Waals surface area contributed by atoms with Gasteiger partial charge < -0.3 is 15.5 Å². The van der Waals surface area contributed by atoms with E-state index in [1.54, 1.807) is 4.90 Å². The summed E-state index contributed by atoms with van der Waals surface area (Å²) in [5, 5.41) is 6.26. The van der Waals surface area contributed by atoms with E-state index >= 15 is 0 Å². The molecule has 1 aliphatic heterocycles. The number of nitrogens with one attached hydrogen (secondary N) is 2. The first-order valence-electron chi connectivity index (χ1n) is 7.36. The second-order valence-electron chi connectivity index (χ2n) is 6.01. The van der Waals surface area contributed by atoms with Crippen LogP contribution in [0.1, 0.15) is 46.5 Å². The van der Waals surface area contributed by atoms with E-state index in [9.17, 15) is 9.59 Å². The Labute approximate surface area is 115 Å². The standard InChI is InChI=1S/C14H25N3O2/c1-9(2)15-13(18)10(3)17-8-4-5-12(14(17)19)16-11-6-7-11/h9-12,16H,4-8H2,1-3H3,(H,15,18). The average molecular weight is 267 g/mol. The maximum atomic E-state index is 12.4. The van der Waals surface area contributed by atoms with Gasteiger partial charge in [0.1, 0.15) is 6.04 Å². The van der Waals surface area contributed by atoms with Crippen LogP contribution in [-0.2, 0) is 9.59 Å². The van der Waals surface area contributed by atoms with E-state index in [2.05, 4.69) is 10.6 Å². The molecule has 2 amide bonds. The topological polar surface area (TPSA) is 61.4 Å². The highest BCUT2D eigenvalue weighted by atomic mass is 16.2. The number of carbonyl (C=O) groups is 2.